The molecule has 3 heteroatoms. The number of benzene rings is 1. The third-order valence-corrected chi connectivity index (χ3v) is 3.63. The minimum Gasteiger partial charge on any atom is -0.390 e. The van der Waals surface area contributed by atoms with Gasteiger partial charge in [-0.25, -0.2) is 4.99 Å². The van der Waals surface area contributed by atoms with Gasteiger partial charge in [0.2, 0.25) is 0 Å². The molecular weight excluding hydrogens is 216 g/mol. The number of nitrogens with zero attached hydrogens (tertiary/aromatic N) is 1. The number of hydrogen-bond donors (Lipinski definition) is 1. The van der Waals surface area contributed by atoms with Crippen molar-refractivity contribution in [1.82, 2.24) is 0 Å². The highest BCUT2D eigenvalue weighted by Crippen LogP contribution is 2.30. The van der Waals surface area contributed by atoms with Crippen molar-refractivity contribution in [3.8, 4) is 0 Å². The lowest BCUT2D eigenvalue weighted by Crippen LogP contribution is -1.86. The summed E-state index contributed by atoms with van der Waals surface area (Å²) in [6.45, 7) is 2.17. The number of hydrogen-bond acceptors (Lipinski definition) is 2. The number of allylic oxidation sites excluding steroid dienone is 1. The van der Waals surface area contributed by atoms with E-state index in [-0.39, 0.29) is 0 Å². The second kappa shape index (κ2) is 4.94. The number of thiophene rings is 1. The zero-order chi connectivity index (χ0) is 11.4. The molecule has 0 fully saturated rings. The Hall–Kier alpha value is -1.61. The molecule has 0 bridgehead atoms. The Bertz CT molecular complexity index is 538. The Kier molecular flexibility index (Phi) is 3.37. The summed E-state index contributed by atoms with van der Waals surface area (Å²) in [4.78, 5) is 5.23. The lowest BCUT2D eigenvalue weighted by Gasteiger charge is -1.95. The van der Waals surface area contributed by atoms with E-state index in [4.69, 9.17) is 5.73 Å². The molecular formula is C13H14N2S. The monoisotopic (exact) mass is 230 g/mol. The maximum Gasteiger partial charge on any atom is 0.0852 e. The lowest BCUT2D eigenvalue weighted by atomic mass is 10.1. The minimum absolute atomic E-state index is 0.910. The molecule has 0 unspecified atom stereocenters. The molecule has 0 atom stereocenters. The zero-order valence-electron chi connectivity index (χ0n) is 9.18. The molecule has 1 aromatic heterocycles. The number of fused-ring (bicyclic) bond motifs is 1. The van der Waals surface area contributed by atoms with Crippen molar-refractivity contribution in [3.63, 3.8) is 0 Å². The van der Waals surface area contributed by atoms with Crippen molar-refractivity contribution < 1.29 is 0 Å². The fourth-order valence-corrected chi connectivity index (χ4v) is 2.85. The SMILES string of the molecule is Cc1sc2ccccc2c1C/C=C\N=CN. The van der Waals surface area contributed by atoms with Crippen LogP contribution in [0.4, 0.5) is 0 Å². The molecule has 1 heterocycles. The molecule has 0 aliphatic carbocycles. The van der Waals surface area contributed by atoms with Crippen molar-refractivity contribution in [3.05, 3.63) is 47.0 Å². The van der Waals surface area contributed by atoms with E-state index in [2.05, 4.69) is 36.2 Å². The van der Waals surface area contributed by atoms with Gasteiger partial charge in [0.15, 0.2) is 0 Å². The van der Waals surface area contributed by atoms with Crippen LogP contribution in [0.15, 0.2) is 41.5 Å². The van der Waals surface area contributed by atoms with Gasteiger partial charge in [0.05, 0.1) is 6.34 Å². The standard InChI is InChI=1S/C13H14N2S/c1-10-11(6-4-8-15-9-14)12-5-2-3-7-13(12)16-10/h2-5,7-9H,6H2,1H3,(H2,14,15)/b8-4-. The van der Waals surface area contributed by atoms with Crippen LogP contribution in [0.25, 0.3) is 10.1 Å². The maximum absolute atomic E-state index is 5.17. The number of aryl methyl sites for hydroxylation is 1. The van der Waals surface area contributed by atoms with Gasteiger partial charge in [0.1, 0.15) is 0 Å². The van der Waals surface area contributed by atoms with Crippen LogP contribution in [0, 0.1) is 6.92 Å². The second-order valence-corrected chi connectivity index (χ2v) is 4.78. The van der Waals surface area contributed by atoms with Gasteiger partial charge in [-0.2, -0.15) is 0 Å². The Morgan fingerprint density at radius 1 is 1.38 bits per heavy atom. The molecule has 0 radical (unpaired) electrons. The normalized spacial score (nSPS) is 12.1. The first-order valence-electron chi connectivity index (χ1n) is 5.18. The highest BCUT2D eigenvalue weighted by molar-refractivity contribution is 7.19. The summed E-state index contributed by atoms with van der Waals surface area (Å²) in [7, 11) is 0. The van der Waals surface area contributed by atoms with Crippen LogP contribution in [0.1, 0.15) is 10.4 Å². The summed E-state index contributed by atoms with van der Waals surface area (Å²) < 4.78 is 1.35. The molecule has 0 saturated heterocycles. The third-order valence-electron chi connectivity index (χ3n) is 2.50. The largest absolute Gasteiger partial charge is 0.390 e. The molecule has 2 nitrogen and oxygen atoms in total. The fraction of sp³-hybridized carbons (Fsp3) is 0.154. The summed E-state index contributed by atoms with van der Waals surface area (Å²) in [5, 5.41) is 1.35. The van der Waals surface area contributed by atoms with Crippen molar-refractivity contribution in [1.29, 1.82) is 0 Å². The van der Waals surface area contributed by atoms with Crippen molar-refractivity contribution in [2.75, 3.05) is 0 Å². The maximum atomic E-state index is 5.17. The molecule has 16 heavy (non-hydrogen) atoms. The zero-order valence-corrected chi connectivity index (χ0v) is 10.00. The predicted molar refractivity (Wildman–Crippen MR) is 72.1 cm³/mol. The van der Waals surface area contributed by atoms with E-state index in [1.165, 1.54) is 26.9 Å². The van der Waals surface area contributed by atoms with Crippen LogP contribution in [0.3, 0.4) is 0 Å². The Morgan fingerprint density at radius 3 is 3.00 bits per heavy atom. The van der Waals surface area contributed by atoms with E-state index in [1.54, 1.807) is 6.20 Å². The smallest absolute Gasteiger partial charge is 0.0852 e. The van der Waals surface area contributed by atoms with Gasteiger partial charge in [0, 0.05) is 15.8 Å². The van der Waals surface area contributed by atoms with E-state index >= 15 is 0 Å². The van der Waals surface area contributed by atoms with E-state index in [0.717, 1.165) is 6.42 Å². The van der Waals surface area contributed by atoms with Crippen molar-refractivity contribution >= 4 is 27.8 Å². The molecule has 2 aromatic rings. The van der Waals surface area contributed by atoms with Gasteiger partial charge in [-0.3, -0.25) is 0 Å². The first-order valence-corrected chi connectivity index (χ1v) is 6.00. The average molecular weight is 230 g/mol. The molecule has 0 saturated carbocycles. The molecule has 82 valence electrons. The predicted octanol–water partition coefficient (Wildman–Crippen LogP) is 3.25. The highest BCUT2D eigenvalue weighted by Gasteiger charge is 2.06. The quantitative estimate of drug-likeness (QED) is 0.638. The van der Waals surface area contributed by atoms with E-state index in [1.807, 2.05) is 17.4 Å². The molecule has 0 amide bonds. The van der Waals surface area contributed by atoms with Gasteiger partial charge in [-0.1, -0.05) is 24.3 Å². The van der Waals surface area contributed by atoms with Crippen LogP contribution in [-0.4, -0.2) is 6.34 Å². The van der Waals surface area contributed by atoms with Crippen LogP contribution in [0.5, 0.6) is 0 Å². The highest BCUT2D eigenvalue weighted by atomic mass is 32.1. The van der Waals surface area contributed by atoms with Crippen molar-refractivity contribution in [2.24, 2.45) is 10.7 Å². The molecule has 2 N–H and O–H groups in total. The van der Waals surface area contributed by atoms with E-state index in [9.17, 15) is 0 Å². The lowest BCUT2D eigenvalue weighted by molar-refractivity contribution is 1.26. The summed E-state index contributed by atoms with van der Waals surface area (Å²) in [5.74, 6) is 0. The molecule has 0 spiro atoms. The van der Waals surface area contributed by atoms with E-state index in [0.29, 0.717) is 0 Å². The van der Waals surface area contributed by atoms with Crippen LogP contribution in [0.2, 0.25) is 0 Å². The average Bonchev–Trinajstić information content (AvgIpc) is 2.61. The summed E-state index contributed by atoms with van der Waals surface area (Å²) >= 11 is 1.85. The fourth-order valence-electron chi connectivity index (χ4n) is 1.76. The van der Waals surface area contributed by atoms with Crippen molar-refractivity contribution in [2.45, 2.75) is 13.3 Å². The Morgan fingerprint density at radius 2 is 2.19 bits per heavy atom. The van der Waals surface area contributed by atoms with Crippen LogP contribution >= 0.6 is 11.3 Å². The summed E-state index contributed by atoms with van der Waals surface area (Å²) in [5.41, 5.74) is 6.56. The second-order valence-electron chi connectivity index (χ2n) is 3.52. The van der Waals surface area contributed by atoms with E-state index < -0.39 is 0 Å². The topological polar surface area (TPSA) is 38.4 Å². The summed E-state index contributed by atoms with van der Waals surface area (Å²) in [6.07, 6.45) is 5.99. The first-order chi connectivity index (χ1) is 7.83. The number of rotatable bonds is 3. The third kappa shape index (κ3) is 2.14. The van der Waals surface area contributed by atoms with Crippen LogP contribution in [-0.2, 0) is 6.42 Å². The van der Waals surface area contributed by atoms with Gasteiger partial charge >= 0.3 is 0 Å². The molecule has 2 rings (SSSR count). The van der Waals surface area contributed by atoms with Gasteiger partial charge < -0.3 is 5.73 Å². The molecule has 0 aliphatic heterocycles. The molecule has 1 aromatic carbocycles. The summed E-state index contributed by atoms with van der Waals surface area (Å²) in [6, 6.07) is 8.50. The number of aliphatic imine (C=N–C) groups is 1. The van der Waals surface area contributed by atoms with Gasteiger partial charge in [-0.05, 0) is 30.4 Å². The van der Waals surface area contributed by atoms with Gasteiger partial charge in [0.25, 0.3) is 0 Å². The number of nitrogens with two attached hydrogens (primary N) is 1. The Balaban J connectivity index is 2.32. The Labute approximate surface area is 99.1 Å². The van der Waals surface area contributed by atoms with Crippen LogP contribution < -0.4 is 5.73 Å². The minimum atomic E-state index is 0.910. The molecule has 0 aliphatic rings. The first kappa shape index (κ1) is 10.9. The van der Waals surface area contributed by atoms with Gasteiger partial charge in [-0.15, -0.1) is 11.3 Å².